The van der Waals surface area contributed by atoms with Gasteiger partial charge < -0.3 is 9.80 Å². The molecule has 0 spiro atoms. The zero-order valence-electron chi connectivity index (χ0n) is 46.8. The van der Waals surface area contributed by atoms with Crippen molar-refractivity contribution in [2.45, 2.75) is 145 Å². The van der Waals surface area contributed by atoms with Crippen molar-refractivity contribution in [2.75, 3.05) is 16.8 Å². The highest BCUT2D eigenvalue weighted by atomic mass is 15.2. The number of hydrogen-bond donors (Lipinski definition) is 0. The minimum atomic E-state index is 0.907. The lowest BCUT2D eigenvalue weighted by Crippen LogP contribution is -2.15. The topological polar surface area (TPSA) is 6.48 Å². The number of para-hydroxylation sites is 2. The molecular formula is C66H94N2. The molecule has 68 heavy (non-hydrogen) atoms. The molecule has 0 aromatic heterocycles. The normalized spacial score (nSPS) is 9.19. The molecule has 0 atom stereocenters. The van der Waals surface area contributed by atoms with Gasteiger partial charge in [0.2, 0.25) is 0 Å². The van der Waals surface area contributed by atoms with Gasteiger partial charge in [-0.1, -0.05) is 272 Å². The van der Waals surface area contributed by atoms with E-state index in [1.165, 1.54) is 60.6 Å². The maximum atomic E-state index is 2.50. The van der Waals surface area contributed by atoms with Crippen LogP contribution in [0, 0.1) is 0 Å². The first-order valence-corrected chi connectivity index (χ1v) is 26.6. The van der Waals surface area contributed by atoms with Crippen LogP contribution in [0.2, 0.25) is 0 Å². The van der Waals surface area contributed by atoms with Crippen molar-refractivity contribution in [3.63, 3.8) is 0 Å². The van der Waals surface area contributed by atoms with Crippen molar-refractivity contribution in [3.8, 4) is 22.3 Å². The summed E-state index contributed by atoms with van der Waals surface area (Å²) in [5.41, 5.74) is 13.7. The van der Waals surface area contributed by atoms with E-state index in [-0.39, 0.29) is 0 Å². The monoisotopic (exact) mass is 915 g/mol. The van der Waals surface area contributed by atoms with Crippen molar-refractivity contribution in [3.05, 3.63) is 187 Å². The van der Waals surface area contributed by atoms with E-state index in [1.54, 1.807) is 0 Å². The molecule has 0 radical (unpaired) electrons. The average molecular weight is 915 g/mol. The molecule has 1 aliphatic rings. The summed E-state index contributed by atoms with van der Waals surface area (Å²) in [5, 5.41) is 4.90. The molecule has 0 unspecified atom stereocenters. The van der Waals surface area contributed by atoms with Gasteiger partial charge in [0.05, 0.1) is 11.4 Å². The van der Waals surface area contributed by atoms with Crippen LogP contribution in [-0.2, 0) is 6.42 Å². The van der Waals surface area contributed by atoms with Gasteiger partial charge in [0.1, 0.15) is 0 Å². The van der Waals surface area contributed by atoms with Gasteiger partial charge in [-0.15, -0.1) is 0 Å². The van der Waals surface area contributed by atoms with Gasteiger partial charge in [0.25, 0.3) is 0 Å². The molecule has 1 aliphatic carbocycles. The Morgan fingerprint density at radius 3 is 1.18 bits per heavy atom. The number of nitrogens with zero attached hydrogens (tertiary/aromatic N) is 2. The zero-order valence-corrected chi connectivity index (χ0v) is 46.8. The molecule has 0 N–H and O–H groups in total. The van der Waals surface area contributed by atoms with Crippen LogP contribution in [0.25, 0.3) is 43.8 Å². The molecule has 0 heterocycles. The van der Waals surface area contributed by atoms with Gasteiger partial charge >= 0.3 is 0 Å². The van der Waals surface area contributed by atoms with E-state index in [1.807, 2.05) is 138 Å². The lowest BCUT2D eigenvalue weighted by atomic mass is 9.89. The predicted octanol–water partition coefficient (Wildman–Crippen LogP) is 22.7. The SMILES string of the molecule is CC.CC.CC.CC.CC.CC.CC.CC.CC.CC.CN(c1ccccc1)c1ccc2ccccc2c1-c1c(N(c2ccccc2)c2cccc3c2Cc2ccccc2-3)ccc2ccccc12. The molecule has 2 nitrogen and oxygen atoms in total. The third kappa shape index (κ3) is 15.7. The van der Waals surface area contributed by atoms with Crippen molar-refractivity contribution in [2.24, 2.45) is 0 Å². The highest BCUT2D eigenvalue weighted by Gasteiger charge is 2.28. The summed E-state index contributed by atoms with van der Waals surface area (Å²) in [6, 6.07) is 64.0. The van der Waals surface area contributed by atoms with Crippen LogP contribution in [-0.4, -0.2) is 7.05 Å². The second-order valence-corrected chi connectivity index (χ2v) is 12.6. The summed E-state index contributed by atoms with van der Waals surface area (Å²) in [7, 11) is 2.18. The van der Waals surface area contributed by atoms with Crippen molar-refractivity contribution < 1.29 is 0 Å². The molecule has 2 heteroatoms. The van der Waals surface area contributed by atoms with Crippen molar-refractivity contribution >= 4 is 50.0 Å². The largest absolute Gasteiger partial charge is 0.344 e. The standard InChI is InChI=1S/C46H34N2.10C2H6/c1-47(35-18-4-2-5-19-35)43-29-27-32-15-8-12-23-38(32)45(43)46-39-24-13-9-16-33(39)28-30-44(46)48(36-20-6-3-7-21-36)42-26-14-25-40-37-22-11-10-17-34(37)31-41(40)42;10*1-2/h2-30H,31H2,1H3;10*1-2H3. The maximum absolute atomic E-state index is 2.50. The third-order valence-corrected chi connectivity index (χ3v) is 9.89. The highest BCUT2D eigenvalue weighted by molar-refractivity contribution is 6.15. The van der Waals surface area contributed by atoms with E-state index < -0.39 is 0 Å². The lowest BCUT2D eigenvalue weighted by Gasteiger charge is -2.32. The Hall–Kier alpha value is -6.12. The summed E-state index contributed by atoms with van der Waals surface area (Å²) in [6.07, 6.45) is 0.907. The fourth-order valence-corrected chi connectivity index (χ4v) is 7.64. The van der Waals surface area contributed by atoms with Gasteiger partial charge in [0.15, 0.2) is 0 Å². The number of rotatable bonds is 6. The molecule has 0 aliphatic heterocycles. The molecule has 0 saturated carbocycles. The number of benzene rings is 8. The molecule has 0 saturated heterocycles. The van der Waals surface area contributed by atoms with Crippen molar-refractivity contribution in [1.82, 2.24) is 0 Å². The molecule has 368 valence electrons. The molecule has 9 rings (SSSR count). The molecule has 0 amide bonds. The zero-order chi connectivity index (χ0) is 52.0. The molecular weight excluding hydrogens is 821 g/mol. The van der Waals surface area contributed by atoms with Gasteiger partial charge in [-0.2, -0.15) is 0 Å². The number of hydrogen-bond acceptors (Lipinski definition) is 2. The molecule has 0 bridgehead atoms. The second-order valence-electron chi connectivity index (χ2n) is 12.6. The fraction of sp³-hybridized carbons (Fsp3) is 0.333. The van der Waals surface area contributed by atoms with Gasteiger partial charge in [-0.25, -0.2) is 0 Å². The predicted molar refractivity (Wildman–Crippen MR) is 318 cm³/mol. The van der Waals surface area contributed by atoms with E-state index in [2.05, 4.69) is 193 Å². The highest BCUT2D eigenvalue weighted by Crippen LogP contribution is 2.52. The Morgan fingerprint density at radius 2 is 0.676 bits per heavy atom. The van der Waals surface area contributed by atoms with Gasteiger partial charge in [-0.3, -0.25) is 0 Å². The summed E-state index contributed by atoms with van der Waals surface area (Å²) in [4.78, 5) is 4.83. The Morgan fingerprint density at radius 1 is 0.294 bits per heavy atom. The van der Waals surface area contributed by atoms with Gasteiger partial charge in [0, 0.05) is 41.7 Å². The first-order valence-electron chi connectivity index (χ1n) is 26.6. The number of anilines is 5. The Labute approximate surface area is 419 Å². The summed E-state index contributed by atoms with van der Waals surface area (Å²) in [6.45, 7) is 40.0. The van der Waals surface area contributed by atoms with Gasteiger partial charge in [-0.05, 0) is 86.3 Å². The third-order valence-electron chi connectivity index (χ3n) is 9.89. The van der Waals surface area contributed by atoms with Crippen LogP contribution in [0.4, 0.5) is 28.4 Å². The van der Waals surface area contributed by atoms with E-state index in [0.717, 1.165) is 29.2 Å². The van der Waals surface area contributed by atoms with E-state index in [0.29, 0.717) is 0 Å². The Bertz CT molecular complexity index is 2450. The smallest absolute Gasteiger partial charge is 0.0547 e. The molecule has 8 aromatic carbocycles. The van der Waals surface area contributed by atoms with Crippen molar-refractivity contribution in [1.29, 1.82) is 0 Å². The average Bonchev–Trinajstić information content (AvgIpc) is 3.86. The summed E-state index contributed by atoms with van der Waals surface area (Å²) in [5.74, 6) is 0. The molecule has 0 fully saturated rings. The Balaban J connectivity index is 0. The van der Waals surface area contributed by atoms with Crippen LogP contribution in [0.5, 0.6) is 0 Å². The fourth-order valence-electron chi connectivity index (χ4n) is 7.64. The second kappa shape index (κ2) is 38.9. The lowest BCUT2D eigenvalue weighted by molar-refractivity contribution is 1.20. The maximum Gasteiger partial charge on any atom is 0.0547 e. The van der Waals surface area contributed by atoms with Crippen LogP contribution >= 0.6 is 0 Å². The first-order chi connectivity index (χ1) is 33.8. The van der Waals surface area contributed by atoms with Crippen LogP contribution in [0.15, 0.2) is 176 Å². The quantitative estimate of drug-likeness (QED) is 0.164. The van der Waals surface area contributed by atoms with E-state index in [4.69, 9.17) is 0 Å². The first kappa shape index (κ1) is 64.0. The molecule has 8 aromatic rings. The van der Waals surface area contributed by atoms with Crippen LogP contribution in [0.1, 0.15) is 150 Å². The summed E-state index contributed by atoms with van der Waals surface area (Å²) >= 11 is 0. The Kier molecular flexibility index (Phi) is 36.6. The minimum absolute atomic E-state index is 0.907. The van der Waals surface area contributed by atoms with E-state index >= 15 is 0 Å². The minimum Gasteiger partial charge on any atom is -0.344 e. The number of fused-ring (bicyclic) bond motifs is 5. The van der Waals surface area contributed by atoms with Crippen LogP contribution in [0.3, 0.4) is 0 Å². The van der Waals surface area contributed by atoms with Crippen LogP contribution < -0.4 is 9.80 Å². The van der Waals surface area contributed by atoms with E-state index in [9.17, 15) is 0 Å². The summed E-state index contributed by atoms with van der Waals surface area (Å²) < 4.78 is 0.